The SMILES string of the molecule is COc1cc(C(=O)N(CC2CCCO2)c2nc3c(C)ccc(C)c3s2)cc(OC)c1OC. The van der Waals surface area contributed by atoms with Crippen LogP contribution in [0.25, 0.3) is 10.2 Å². The first kappa shape index (κ1) is 22.4. The Morgan fingerprint density at radius 1 is 1.12 bits per heavy atom. The number of hydrogen-bond donors (Lipinski definition) is 0. The van der Waals surface area contributed by atoms with Gasteiger partial charge in [-0.15, -0.1) is 0 Å². The first-order chi connectivity index (χ1) is 15.5. The maximum Gasteiger partial charge on any atom is 0.260 e. The molecule has 2 aromatic carbocycles. The number of rotatable bonds is 7. The first-order valence-electron chi connectivity index (χ1n) is 10.6. The monoisotopic (exact) mass is 456 g/mol. The minimum Gasteiger partial charge on any atom is -0.493 e. The Hall–Kier alpha value is -2.84. The molecule has 4 rings (SSSR count). The van der Waals surface area contributed by atoms with Crippen LogP contribution >= 0.6 is 11.3 Å². The molecule has 1 aliphatic heterocycles. The summed E-state index contributed by atoms with van der Waals surface area (Å²) < 4.78 is 23.3. The second-order valence-electron chi connectivity index (χ2n) is 7.84. The van der Waals surface area contributed by atoms with E-state index >= 15 is 0 Å². The summed E-state index contributed by atoms with van der Waals surface area (Å²) in [6, 6.07) is 7.50. The Balaban J connectivity index is 1.80. The maximum absolute atomic E-state index is 13.8. The fourth-order valence-corrected chi connectivity index (χ4v) is 5.08. The second-order valence-corrected chi connectivity index (χ2v) is 8.82. The zero-order chi connectivity index (χ0) is 22.8. The quantitative estimate of drug-likeness (QED) is 0.510. The lowest BCUT2D eigenvalue weighted by Gasteiger charge is -2.24. The standard InChI is InChI=1S/C24H28N2O5S/c1-14-8-9-15(2)22-20(14)25-24(32-22)26(13-17-7-6-10-31-17)23(27)16-11-18(28-3)21(30-5)19(12-16)29-4/h8-9,11-12,17H,6-7,10,13H2,1-5H3. The van der Waals surface area contributed by atoms with Crippen LogP contribution in [-0.4, -0.2) is 51.5 Å². The Bertz CT molecular complexity index is 1070. The van der Waals surface area contributed by atoms with Crippen LogP contribution in [0.2, 0.25) is 0 Å². The van der Waals surface area contributed by atoms with Crippen LogP contribution in [0.3, 0.4) is 0 Å². The number of carbonyl (C=O) groups excluding carboxylic acids is 1. The van der Waals surface area contributed by atoms with Gasteiger partial charge in [-0.2, -0.15) is 0 Å². The minimum atomic E-state index is -0.186. The number of aromatic nitrogens is 1. The van der Waals surface area contributed by atoms with E-state index < -0.39 is 0 Å². The van der Waals surface area contributed by atoms with Crippen LogP contribution < -0.4 is 19.1 Å². The van der Waals surface area contributed by atoms with Crippen LogP contribution in [0.4, 0.5) is 5.13 Å². The van der Waals surface area contributed by atoms with Crippen molar-refractivity contribution < 1.29 is 23.7 Å². The van der Waals surface area contributed by atoms with Gasteiger partial charge < -0.3 is 18.9 Å². The molecule has 170 valence electrons. The zero-order valence-corrected chi connectivity index (χ0v) is 19.9. The smallest absolute Gasteiger partial charge is 0.260 e. The van der Waals surface area contributed by atoms with Crippen molar-refractivity contribution in [1.82, 2.24) is 4.98 Å². The Morgan fingerprint density at radius 3 is 2.38 bits per heavy atom. The molecule has 0 saturated carbocycles. The third-order valence-electron chi connectivity index (χ3n) is 5.73. The lowest BCUT2D eigenvalue weighted by atomic mass is 10.1. The fourth-order valence-electron chi connectivity index (χ4n) is 3.96. The average Bonchev–Trinajstić information content (AvgIpc) is 3.49. The van der Waals surface area contributed by atoms with E-state index in [0.29, 0.717) is 34.5 Å². The molecule has 1 fully saturated rings. The molecule has 0 N–H and O–H groups in total. The molecule has 32 heavy (non-hydrogen) atoms. The predicted molar refractivity (Wildman–Crippen MR) is 126 cm³/mol. The maximum atomic E-state index is 13.8. The number of fused-ring (bicyclic) bond motifs is 1. The molecule has 0 bridgehead atoms. The lowest BCUT2D eigenvalue weighted by molar-refractivity contribution is 0.0917. The molecule has 1 atom stereocenters. The van der Waals surface area contributed by atoms with Crippen molar-refractivity contribution in [1.29, 1.82) is 0 Å². The van der Waals surface area contributed by atoms with Gasteiger partial charge in [0.2, 0.25) is 5.75 Å². The highest BCUT2D eigenvalue weighted by molar-refractivity contribution is 7.22. The Kier molecular flexibility index (Phi) is 6.53. The summed E-state index contributed by atoms with van der Waals surface area (Å²) in [5.41, 5.74) is 3.60. The van der Waals surface area contributed by atoms with Crippen molar-refractivity contribution in [2.24, 2.45) is 0 Å². The van der Waals surface area contributed by atoms with E-state index in [2.05, 4.69) is 19.1 Å². The highest BCUT2D eigenvalue weighted by Crippen LogP contribution is 2.40. The van der Waals surface area contributed by atoms with E-state index in [1.807, 2.05) is 6.92 Å². The summed E-state index contributed by atoms with van der Waals surface area (Å²) in [4.78, 5) is 20.4. The van der Waals surface area contributed by atoms with Gasteiger partial charge >= 0.3 is 0 Å². The molecule has 0 aliphatic carbocycles. The summed E-state index contributed by atoms with van der Waals surface area (Å²) in [5, 5.41) is 0.659. The van der Waals surface area contributed by atoms with Crippen molar-refractivity contribution in [3.8, 4) is 17.2 Å². The van der Waals surface area contributed by atoms with Gasteiger partial charge in [0.25, 0.3) is 5.91 Å². The third kappa shape index (κ3) is 4.12. The largest absolute Gasteiger partial charge is 0.493 e. The molecule has 7 nitrogen and oxygen atoms in total. The molecular formula is C24H28N2O5S. The van der Waals surface area contributed by atoms with Crippen molar-refractivity contribution in [3.63, 3.8) is 0 Å². The molecule has 0 spiro atoms. The third-order valence-corrected chi connectivity index (χ3v) is 6.94. The summed E-state index contributed by atoms with van der Waals surface area (Å²) in [7, 11) is 4.61. The predicted octanol–water partition coefficient (Wildman–Crippen LogP) is 4.76. The number of aryl methyl sites for hydroxylation is 2. The summed E-state index contributed by atoms with van der Waals surface area (Å²) in [6.45, 7) is 5.26. The van der Waals surface area contributed by atoms with E-state index in [-0.39, 0.29) is 12.0 Å². The van der Waals surface area contributed by atoms with Gasteiger partial charge in [0, 0.05) is 12.2 Å². The van der Waals surface area contributed by atoms with E-state index in [1.165, 1.54) is 32.7 Å². The summed E-state index contributed by atoms with van der Waals surface area (Å²) in [6.07, 6.45) is 1.90. The van der Waals surface area contributed by atoms with E-state index in [1.54, 1.807) is 17.0 Å². The molecule has 1 amide bonds. The van der Waals surface area contributed by atoms with Gasteiger partial charge in [-0.25, -0.2) is 4.98 Å². The van der Waals surface area contributed by atoms with Crippen LogP contribution in [0.1, 0.15) is 34.3 Å². The topological polar surface area (TPSA) is 70.1 Å². The van der Waals surface area contributed by atoms with Gasteiger partial charge in [0.1, 0.15) is 0 Å². The number of anilines is 1. The van der Waals surface area contributed by atoms with Crippen molar-refractivity contribution in [3.05, 3.63) is 41.0 Å². The second kappa shape index (κ2) is 9.34. The Labute approximate surface area is 191 Å². The average molecular weight is 457 g/mol. The molecule has 1 aliphatic rings. The highest BCUT2D eigenvalue weighted by atomic mass is 32.1. The molecule has 8 heteroatoms. The van der Waals surface area contributed by atoms with Gasteiger partial charge in [0.15, 0.2) is 16.6 Å². The summed E-state index contributed by atoms with van der Waals surface area (Å²) >= 11 is 1.53. The molecule has 2 heterocycles. The number of ether oxygens (including phenoxy) is 4. The van der Waals surface area contributed by atoms with Crippen LogP contribution in [0, 0.1) is 13.8 Å². The minimum absolute atomic E-state index is 0.0183. The van der Waals surface area contributed by atoms with E-state index in [9.17, 15) is 4.79 Å². The van der Waals surface area contributed by atoms with Gasteiger partial charge in [0.05, 0.1) is 44.2 Å². The molecular weight excluding hydrogens is 428 g/mol. The van der Waals surface area contributed by atoms with Gasteiger partial charge in [-0.05, 0) is 49.9 Å². The molecule has 1 aromatic heterocycles. The number of nitrogens with zero attached hydrogens (tertiary/aromatic N) is 2. The van der Waals surface area contributed by atoms with Gasteiger partial charge in [-0.1, -0.05) is 23.5 Å². The summed E-state index contributed by atoms with van der Waals surface area (Å²) in [5.74, 6) is 1.13. The first-order valence-corrected chi connectivity index (χ1v) is 11.4. The number of carbonyl (C=O) groups is 1. The number of methoxy groups -OCH3 is 3. The highest BCUT2D eigenvalue weighted by Gasteiger charge is 2.29. The zero-order valence-electron chi connectivity index (χ0n) is 19.1. The van der Waals surface area contributed by atoms with Crippen LogP contribution in [-0.2, 0) is 4.74 Å². The van der Waals surface area contributed by atoms with Crippen LogP contribution in [0.15, 0.2) is 24.3 Å². The number of benzene rings is 2. The Morgan fingerprint density at radius 2 is 1.81 bits per heavy atom. The van der Waals surface area contributed by atoms with E-state index in [0.717, 1.165) is 40.8 Å². The molecule has 0 radical (unpaired) electrons. The van der Waals surface area contributed by atoms with E-state index in [4.69, 9.17) is 23.9 Å². The molecule has 1 saturated heterocycles. The lowest BCUT2D eigenvalue weighted by Crippen LogP contribution is -2.37. The normalized spacial score (nSPS) is 15.7. The van der Waals surface area contributed by atoms with Crippen molar-refractivity contribution >= 4 is 32.6 Å². The molecule has 3 aromatic rings. The van der Waals surface area contributed by atoms with Crippen LogP contribution in [0.5, 0.6) is 17.2 Å². The molecule has 1 unspecified atom stereocenters. The van der Waals surface area contributed by atoms with Crippen molar-refractivity contribution in [2.45, 2.75) is 32.8 Å². The van der Waals surface area contributed by atoms with Gasteiger partial charge in [-0.3, -0.25) is 9.69 Å². The number of thiazole rings is 1. The fraction of sp³-hybridized carbons (Fsp3) is 0.417. The number of hydrogen-bond acceptors (Lipinski definition) is 7. The van der Waals surface area contributed by atoms with Crippen molar-refractivity contribution in [2.75, 3.05) is 39.4 Å². The number of amides is 1.